The van der Waals surface area contributed by atoms with E-state index in [1.165, 1.54) is 4.88 Å². The van der Waals surface area contributed by atoms with Crippen LogP contribution in [0.15, 0.2) is 36.0 Å². The minimum Gasteiger partial charge on any atom is -0.347 e. The number of hydrogen-bond donors (Lipinski definition) is 0. The van der Waals surface area contributed by atoms with E-state index < -0.39 is 0 Å². The van der Waals surface area contributed by atoms with Crippen LogP contribution < -0.4 is 4.90 Å². The second-order valence-electron chi connectivity index (χ2n) is 6.22. The number of carbonyl (C=O) groups is 1. The van der Waals surface area contributed by atoms with Crippen LogP contribution in [0.1, 0.15) is 10.4 Å². The fourth-order valence-corrected chi connectivity index (χ4v) is 3.42. The molecule has 132 valence electrons. The summed E-state index contributed by atoms with van der Waals surface area (Å²) < 4.78 is 0. The van der Waals surface area contributed by atoms with Crippen molar-refractivity contribution in [3.8, 4) is 0 Å². The Labute approximate surface area is 152 Å². The van der Waals surface area contributed by atoms with E-state index in [1.54, 1.807) is 35.9 Å². The molecule has 0 spiro atoms. The lowest BCUT2D eigenvalue weighted by Crippen LogP contribution is -2.47. The maximum Gasteiger partial charge on any atom is 0.246 e. The number of anilines is 1. The van der Waals surface area contributed by atoms with Gasteiger partial charge in [0.1, 0.15) is 0 Å². The molecule has 1 aliphatic heterocycles. The van der Waals surface area contributed by atoms with E-state index in [4.69, 9.17) is 0 Å². The summed E-state index contributed by atoms with van der Waals surface area (Å²) in [5.41, 5.74) is 0.829. The molecule has 0 atom stereocenters. The number of rotatable bonds is 5. The van der Waals surface area contributed by atoms with Crippen LogP contribution in [0.3, 0.4) is 0 Å². The quantitative estimate of drug-likeness (QED) is 0.766. The lowest BCUT2D eigenvalue weighted by Gasteiger charge is -2.33. The van der Waals surface area contributed by atoms with Gasteiger partial charge in [0.25, 0.3) is 0 Å². The van der Waals surface area contributed by atoms with E-state index in [0.29, 0.717) is 5.95 Å². The summed E-state index contributed by atoms with van der Waals surface area (Å²) in [5, 5.41) is 2.11. The summed E-state index contributed by atoms with van der Waals surface area (Å²) in [6, 6.07) is 4.24. The average molecular weight is 357 g/mol. The largest absolute Gasteiger partial charge is 0.347 e. The first-order chi connectivity index (χ1) is 12.1. The zero-order valence-corrected chi connectivity index (χ0v) is 15.4. The van der Waals surface area contributed by atoms with Crippen LogP contribution in [0.25, 0.3) is 6.08 Å². The van der Waals surface area contributed by atoms with Gasteiger partial charge in [-0.25, -0.2) is 9.97 Å². The summed E-state index contributed by atoms with van der Waals surface area (Å²) in [4.78, 5) is 28.4. The highest BCUT2D eigenvalue weighted by Crippen LogP contribution is 2.14. The number of hydrogen-bond acceptors (Lipinski definition) is 6. The molecule has 0 bridgehead atoms. The van der Waals surface area contributed by atoms with Crippen LogP contribution in [0, 0.1) is 0 Å². The predicted octanol–water partition coefficient (Wildman–Crippen LogP) is 1.96. The Balaban J connectivity index is 1.48. The van der Waals surface area contributed by atoms with Crippen molar-refractivity contribution in [2.24, 2.45) is 0 Å². The third-order valence-corrected chi connectivity index (χ3v) is 4.98. The van der Waals surface area contributed by atoms with Gasteiger partial charge < -0.3 is 9.80 Å². The van der Waals surface area contributed by atoms with Crippen molar-refractivity contribution >= 4 is 29.3 Å². The Kier molecular flexibility index (Phi) is 5.78. The summed E-state index contributed by atoms with van der Waals surface area (Å²) in [7, 11) is 3.79. The van der Waals surface area contributed by atoms with Gasteiger partial charge >= 0.3 is 0 Å². The van der Waals surface area contributed by atoms with Gasteiger partial charge in [0, 0.05) is 75.7 Å². The van der Waals surface area contributed by atoms with Gasteiger partial charge in [0.05, 0.1) is 0 Å². The summed E-state index contributed by atoms with van der Waals surface area (Å²) in [5.74, 6) is 0.706. The number of amides is 1. The van der Waals surface area contributed by atoms with Crippen LogP contribution in [-0.4, -0.2) is 65.9 Å². The highest BCUT2D eigenvalue weighted by Gasteiger charge is 2.19. The molecule has 1 amide bonds. The van der Waals surface area contributed by atoms with Crippen molar-refractivity contribution in [1.29, 1.82) is 0 Å². The van der Waals surface area contributed by atoms with Crippen LogP contribution in [0.4, 0.5) is 5.95 Å². The van der Waals surface area contributed by atoms with Gasteiger partial charge in [0.2, 0.25) is 11.9 Å². The molecule has 1 fully saturated rings. The summed E-state index contributed by atoms with van der Waals surface area (Å²) in [6.07, 6.45) is 6.85. The maximum atomic E-state index is 12.3. The Morgan fingerprint density at radius 2 is 1.96 bits per heavy atom. The van der Waals surface area contributed by atoms with Crippen molar-refractivity contribution in [1.82, 2.24) is 19.8 Å². The van der Waals surface area contributed by atoms with E-state index >= 15 is 0 Å². The lowest BCUT2D eigenvalue weighted by molar-refractivity contribution is -0.127. The molecular weight excluding hydrogens is 334 g/mol. The van der Waals surface area contributed by atoms with Gasteiger partial charge in [0.15, 0.2) is 0 Å². The van der Waals surface area contributed by atoms with Crippen molar-refractivity contribution < 1.29 is 4.79 Å². The fraction of sp³-hybridized carbons (Fsp3) is 0.389. The normalized spacial score (nSPS) is 15.7. The lowest BCUT2D eigenvalue weighted by atomic mass is 10.2. The molecule has 7 heteroatoms. The number of carbonyl (C=O) groups excluding carboxylic acids is 1. The molecule has 3 heterocycles. The molecule has 6 nitrogen and oxygen atoms in total. The van der Waals surface area contributed by atoms with Crippen LogP contribution in [0.5, 0.6) is 0 Å². The highest BCUT2D eigenvalue weighted by molar-refractivity contribution is 7.09. The van der Waals surface area contributed by atoms with Crippen molar-refractivity contribution in [2.75, 3.05) is 45.2 Å². The van der Waals surface area contributed by atoms with Crippen LogP contribution in [0.2, 0.25) is 0 Å². The minimum atomic E-state index is 0.0486. The molecule has 0 aromatic carbocycles. The Bertz CT molecular complexity index is 704. The second kappa shape index (κ2) is 8.22. The topological polar surface area (TPSA) is 52.6 Å². The number of thiophene rings is 1. The molecule has 2 aromatic rings. The number of nitrogens with zero attached hydrogens (tertiary/aromatic N) is 5. The zero-order chi connectivity index (χ0) is 17.6. The molecule has 0 aliphatic carbocycles. The summed E-state index contributed by atoms with van der Waals surface area (Å²) in [6.45, 7) is 4.34. The van der Waals surface area contributed by atoms with Crippen molar-refractivity contribution in [3.05, 3.63) is 46.4 Å². The van der Waals surface area contributed by atoms with E-state index in [-0.39, 0.29) is 5.91 Å². The first kappa shape index (κ1) is 17.6. The standard InChI is InChI=1S/C18H23N5OS/c1-21(2)18-19-12-15(13-20-18)5-6-17(24)23-9-7-22(8-10-23)14-16-4-3-11-25-16/h3-6,11-13H,7-10,14H2,1-2H3. The number of aromatic nitrogens is 2. The Morgan fingerprint density at radius 3 is 2.56 bits per heavy atom. The average Bonchev–Trinajstić information content (AvgIpc) is 3.13. The van der Waals surface area contributed by atoms with Crippen LogP contribution in [-0.2, 0) is 11.3 Å². The van der Waals surface area contributed by atoms with E-state index in [0.717, 1.165) is 38.3 Å². The second-order valence-corrected chi connectivity index (χ2v) is 7.26. The molecule has 25 heavy (non-hydrogen) atoms. The van der Waals surface area contributed by atoms with Gasteiger partial charge in [-0.15, -0.1) is 11.3 Å². The molecular formula is C18H23N5OS. The SMILES string of the molecule is CN(C)c1ncc(C=CC(=O)N2CCN(Cc3cccs3)CC2)cn1. The van der Waals surface area contributed by atoms with Crippen LogP contribution >= 0.6 is 11.3 Å². The Hall–Kier alpha value is -2.25. The molecule has 1 saturated heterocycles. The molecule has 0 saturated carbocycles. The Morgan fingerprint density at radius 1 is 1.24 bits per heavy atom. The van der Waals surface area contributed by atoms with Gasteiger partial charge in [-0.05, 0) is 17.5 Å². The zero-order valence-electron chi connectivity index (χ0n) is 14.6. The maximum absolute atomic E-state index is 12.3. The van der Waals surface area contributed by atoms with E-state index in [2.05, 4.69) is 32.4 Å². The molecule has 0 radical (unpaired) electrons. The van der Waals surface area contributed by atoms with Crippen molar-refractivity contribution in [3.63, 3.8) is 0 Å². The number of piperazine rings is 1. The third kappa shape index (κ3) is 4.87. The monoisotopic (exact) mass is 357 g/mol. The predicted molar refractivity (Wildman–Crippen MR) is 102 cm³/mol. The molecule has 0 N–H and O–H groups in total. The van der Waals surface area contributed by atoms with Gasteiger partial charge in [-0.3, -0.25) is 9.69 Å². The molecule has 3 rings (SSSR count). The van der Waals surface area contributed by atoms with E-state index in [1.807, 2.05) is 23.9 Å². The van der Waals surface area contributed by atoms with Gasteiger partial charge in [-0.1, -0.05) is 6.07 Å². The minimum absolute atomic E-state index is 0.0486. The fourth-order valence-electron chi connectivity index (χ4n) is 2.67. The summed E-state index contributed by atoms with van der Waals surface area (Å²) >= 11 is 1.78. The van der Waals surface area contributed by atoms with Crippen molar-refractivity contribution in [2.45, 2.75) is 6.54 Å². The highest BCUT2D eigenvalue weighted by atomic mass is 32.1. The first-order valence-electron chi connectivity index (χ1n) is 8.33. The molecule has 2 aromatic heterocycles. The molecule has 1 aliphatic rings. The molecule has 0 unspecified atom stereocenters. The smallest absolute Gasteiger partial charge is 0.246 e. The van der Waals surface area contributed by atoms with E-state index in [9.17, 15) is 4.79 Å². The third-order valence-electron chi connectivity index (χ3n) is 4.12. The van der Waals surface area contributed by atoms with Gasteiger partial charge in [-0.2, -0.15) is 0 Å². The first-order valence-corrected chi connectivity index (χ1v) is 9.21.